The highest BCUT2D eigenvalue weighted by Gasteiger charge is 2.26. The summed E-state index contributed by atoms with van der Waals surface area (Å²) in [6, 6.07) is 16.4. The first kappa shape index (κ1) is 23.5. The van der Waals surface area contributed by atoms with Crippen molar-refractivity contribution >= 4 is 16.8 Å². The number of ether oxygens (including phenoxy) is 1. The van der Waals surface area contributed by atoms with Gasteiger partial charge in [-0.1, -0.05) is 56.5 Å². The van der Waals surface area contributed by atoms with Gasteiger partial charge in [-0.15, -0.1) is 0 Å². The molecule has 1 heterocycles. The normalized spacial score (nSPS) is 12.0. The van der Waals surface area contributed by atoms with Gasteiger partial charge in [-0.05, 0) is 44.5 Å². The molecule has 0 saturated carbocycles. The Morgan fingerprint density at radius 3 is 2.47 bits per heavy atom. The van der Waals surface area contributed by atoms with Gasteiger partial charge in [0.25, 0.3) is 11.5 Å². The lowest BCUT2D eigenvalue weighted by Crippen LogP contribution is -2.40. The van der Waals surface area contributed by atoms with Crippen molar-refractivity contribution in [1.29, 1.82) is 0 Å². The fourth-order valence-corrected chi connectivity index (χ4v) is 3.94. The van der Waals surface area contributed by atoms with Gasteiger partial charge >= 0.3 is 0 Å². The highest BCUT2D eigenvalue weighted by molar-refractivity contribution is 5.79. The zero-order valence-corrected chi connectivity index (χ0v) is 19.3. The molecule has 1 aromatic heterocycles. The molecular weight excluding hydrogens is 402 g/mol. The van der Waals surface area contributed by atoms with E-state index in [9.17, 15) is 9.59 Å². The summed E-state index contributed by atoms with van der Waals surface area (Å²) in [6.45, 7) is 7.09. The van der Waals surface area contributed by atoms with E-state index in [1.807, 2.05) is 62.4 Å². The molecule has 3 aromatic rings. The summed E-state index contributed by atoms with van der Waals surface area (Å²) in [5.74, 6) is 1.16. The highest BCUT2D eigenvalue weighted by Crippen LogP contribution is 2.22. The summed E-state index contributed by atoms with van der Waals surface area (Å²) < 4.78 is 7.41. The van der Waals surface area contributed by atoms with E-state index in [-0.39, 0.29) is 24.1 Å². The van der Waals surface area contributed by atoms with E-state index in [4.69, 9.17) is 9.72 Å². The second-order valence-electron chi connectivity index (χ2n) is 7.96. The Morgan fingerprint density at radius 2 is 1.75 bits per heavy atom. The average Bonchev–Trinajstić information content (AvgIpc) is 2.83. The number of unbranched alkanes of at least 4 members (excludes halogenated alkanes) is 3. The molecule has 0 saturated heterocycles. The van der Waals surface area contributed by atoms with Crippen LogP contribution in [0.15, 0.2) is 59.4 Å². The summed E-state index contributed by atoms with van der Waals surface area (Å²) in [5.41, 5.74) is 0.585. The van der Waals surface area contributed by atoms with Gasteiger partial charge in [0.15, 0.2) is 6.61 Å². The number of hydrogen-bond acceptors (Lipinski definition) is 4. The van der Waals surface area contributed by atoms with E-state index in [2.05, 4.69) is 6.92 Å². The predicted octanol–water partition coefficient (Wildman–Crippen LogP) is 4.97. The number of carbonyl (C=O) groups is 1. The van der Waals surface area contributed by atoms with Crippen molar-refractivity contribution in [2.45, 2.75) is 59.0 Å². The predicted molar refractivity (Wildman–Crippen MR) is 128 cm³/mol. The van der Waals surface area contributed by atoms with Crippen LogP contribution < -0.4 is 10.3 Å². The van der Waals surface area contributed by atoms with Crippen LogP contribution in [0.5, 0.6) is 5.75 Å². The van der Waals surface area contributed by atoms with Crippen molar-refractivity contribution in [3.63, 3.8) is 0 Å². The van der Waals surface area contributed by atoms with Gasteiger partial charge < -0.3 is 9.64 Å². The molecule has 3 rings (SSSR count). The Balaban J connectivity index is 1.89. The maximum atomic E-state index is 13.2. The molecule has 170 valence electrons. The maximum Gasteiger partial charge on any atom is 0.261 e. The van der Waals surface area contributed by atoms with Crippen LogP contribution in [0.4, 0.5) is 0 Å². The fourth-order valence-electron chi connectivity index (χ4n) is 3.94. The Kier molecular flexibility index (Phi) is 8.42. The van der Waals surface area contributed by atoms with Crippen molar-refractivity contribution in [1.82, 2.24) is 14.5 Å². The lowest BCUT2D eigenvalue weighted by molar-refractivity contribution is -0.135. The lowest BCUT2D eigenvalue weighted by atomic mass is 10.1. The van der Waals surface area contributed by atoms with E-state index in [1.54, 1.807) is 15.5 Å². The monoisotopic (exact) mass is 435 g/mol. The van der Waals surface area contributed by atoms with Crippen molar-refractivity contribution in [2.75, 3.05) is 13.2 Å². The third-order valence-corrected chi connectivity index (χ3v) is 5.73. The number of carbonyl (C=O) groups excluding carboxylic acids is 1. The maximum absolute atomic E-state index is 13.2. The first-order valence-electron chi connectivity index (χ1n) is 11.5. The minimum Gasteiger partial charge on any atom is -0.484 e. The molecule has 0 radical (unpaired) electrons. The van der Waals surface area contributed by atoms with Crippen LogP contribution in [0.1, 0.15) is 58.3 Å². The Hall–Kier alpha value is -3.15. The smallest absolute Gasteiger partial charge is 0.261 e. The molecule has 1 amide bonds. The molecule has 6 nitrogen and oxygen atoms in total. The van der Waals surface area contributed by atoms with Crippen LogP contribution in [-0.2, 0) is 11.3 Å². The van der Waals surface area contributed by atoms with Crippen LogP contribution in [-0.4, -0.2) is 33.5 Å². The van der Waals surface area contributed by atoms with Crippen molar-refractivity contribution in [3.8, 4) is 5.75 Å². The summed E-state index contributed by atoms with van der Waals surface area (Å²) in [6.07, 6.45) is 4.21. The Morgan fingerprint density at radius 1 is 1.03 bits per heavy atom. The molecule has 0 aliphatic heterocycles. The van der Waals surface area contributed by atoms with Gasteiger partial charge in [-0.2, -0.15) is 0 Å². The summed E-state index contributed by atoms with van der Waals surface area (Å²) >= 11 is 0. The molecular formula is C26H33N3O3. The van der Waals surface area contributed by atoms with E-state index in [0.717, 1.165) is 25.7 Å². The first-order chi connectivity index (χ1) is 15.6. The van der Waals surface area contributed by atoms with Gasteiger partial charge in [-0.25, -0.2) is 4.98 Å². The zero-order valence-electron chi connectivity index (χ0n) is 19.3. The van der Waals surface area contributed by atoms with Crippen LogP contribution in [0.3, 0.4) is 0 Å². The summed E-state index contributed by atoms with van der Waals surface area (Å²) in [7, 11) is 0. The van der Waals surface area contributed by atoms with Crippen molar-refractivity contribution < 1.29 is 9.53 Å². The quantitative estimate of drug-likeness (QED) is 0.399. The van der Waals surface area contributed by atoms with Crippen LogP contribution in [0.2, 0.25) is 0 Å². The lowest BCUT2D eigenvalue weighted by Gasteiger charge is -2.30. The van der Waals surface area contributed by atoms with Gasteiger partial charge in [0.1, 0.15) is 11.6 Å². The Labute approximate surface area is 189 Å². The first-order valence-corrected chi connectivity index (χ1v) is 11.5. The number of fused-ring (bicyclic) bond motifs is 1. The minimum atomic E-state index is -0.347. The number of nitrogens with zero attached hydrogens (tertiary/aromatic N) is 3. The molecule has 0 aliphatic rings. The van der Waals surface area contributed by atoms with E-state index >= 15 is 0 Å². The molecule has 0 fully saturated rings. The molecule has 32 heavy (non-hydrogen) atoms. The SMILES string of the molecule is CCCCCCN(C(=O)COc1ccccc1)C(C)c1nc2ccccc2c(=O)n1CC. The molecule has 1 unspecified atom stereocenters. The average molecular weight is 436 g/mol. The van der Waals surface area contributed by atoms with E-state index in [0.29, 0.717) is 35.6 Å². The molecule has 0 aliphatic carbocycles. The highest BCUT2D eigenvalue weighted by atomic mass is 16.5. The Bertz CT molecular complexity index is 1080. The summed E-state index contributed by atoms with van der Waals surface area (Å²) in [5, 5.41) is 0.596. The van der Waals surface area contributed by atoms with Gasteiger partial charge in [0.2, 0.25) is 0 Å². The van der Waals surface area contributed by atoms with Gasteiger partial charge in [-0.3, -0.25) is 14.2 Å². The second kappa shape index (κ2) is 11.5. The van der Waals surface area contributed by atoms with Crippen LogP contribution in [0, 0.1) is 0 Å². The third-order valence-electron chi connectivity index (χ3n) is 5.73. The fraction of sp³-hybridized carbons (Fsp3) is 0.423. The number of para-hydroxylation sites is 2. The van der Waals surface area contributed by atoms with E-state index < -0.39 is 0 Å². The number of benzene rings is 2. The van der Waals surface area contributed by atoms with Crippen molar-refractivity contribution in [3.05, 3.63) is 70.8 Å². The minimum absolute atomic E-state index is 0.0495. The number of rotatable bonds is 11. The number of hydrogen-bond donors (Lipinski definition) is 0. The number of aromatic nitrogens is 2. The molecule has 0 N–H and O–H groups in total. The van der Waals surface area contributed by atoms with Gasteiger partial charge in [0, 0.05) is 13.1 Å². The van der Waals surface area contributed by atoms with Crippen molar-refractivity contribution in [2.24, 2.45) is 0 Å². The second-order valence-corrected chi connectivity index (χ2v) is 7.96. The summed E-state index contributed by atoms with van der Waals surface area (Å²) in [4.78, 5) is 32.9. The molecule has 1 atom stereocenters. The number of amides is 1. The van der Waals surface area contributed by atoms with Crippen LogP contribution >= 0.6 is 0 Å². The van der Waals surface area contributed by atoms with E-state index in [1.165, 1.54) is 0 Å². The largest absolute Gasteiger partial charge is 0.484 e. The topological polar surface area (TPSA) is 64.4 Å². The standard InChI is InChI=1S/C26H33N3O3/c1-4-6-7-13-18-29(24(30)19-32-21-14-9-8-10-15-21)20(3)25-27-23-17-12-11-16-22(23)26(31)28(25)5-2/h8-12,14-17,20H,4-7,13,18-19H2,1-3H3. The van der Waals surface area contributed by atoms with Crippen LogP contribution in [0.25, 0.3) is 10.9 Å². The van der Waals surface area contributed by atoms with Gasteiger partial charge in [0.05, 0.1) is 16.9 Å². The molecule has 2 aromatic carbocycles. The molecule has 6 heteroatoms. The third kappa shape index (κ3) is 5.55. The zero-order chi connectivity index (χ0) is 22.9. The molecule has 0 bridgehead atoms. The molecule has 0 spiro atoms.